The van der Waals surface area contributed by atoms with Crippen LogP contribution in [0.3, 0.4) is 0 Å². The first-order valence-corrected chi connectivity index (χ1v) is 6.44. The van der Waals surface area contributed by atoms with Crippen molar-refractivity contribution < 1.29 is 4.74 Å². The first kappa shape index (κ1) is 12.4. The van der Waals surface area contributed by atoms with Gasteiger partial charge in [0.25, 0.3) is 0 Å². The number of methoxy groups -OCH3 is 1. The van der Waals surface area contributed by atoms with E-state index in [0.717, 1.165) is 22.6 Å². The van der Waals surface area contributed by atoms with Gasteiger partial charge < -0.3 is 10.1 Å². The van der Waals surface area contributed by atoms with Crippen LogP contribution in [0.25, 0.3) is 11.0 Å². The predicted molar refractivity (Wildman–Crippen MR) is 79.9 cm³/mol. The van der Waals surface area contributed by atoms with Crippen LogP contribution in [0.5, 0.6) is 5.75 Å². The van der Waals surface area contributed by atoms with Gasteiger partial charge in [0.1, 0.15) is 11.6 Å². The molecule has 3 rings (SSSR count). The quantitative estimate of drug-likeness (QED) is 0.786. The van der Waals surface area contributed by atoms with Crippen molar-refractivity contribution in [2.75, 3.05) is 12.4 Å². The van der Waals surface area contributed by atoms with Crippen LogP contribution in [0.2, 0.25) is 0 Å². The molecule has 0 saturated carbocycles. The van der Waals surface area contributed by atoms with Crippen LogP contribution in [-0.4, -0.2) is 17.1 Å². The fraction of sp³-hybridized carbons (Fsp3) is 0.125. The van der Waals surface area contributed by atoms with Gasteiger partial charge in [-0.05, 0) is 29.8 Å². The van der Waals surface area contributed by atoms with E-state index < -0.39 is 0 Å². The molecule has 0 aliphatic carbocycles. The van der Waals surface area contributed by atoms with E-state index in [4.69, 9.17) is 4.74 Å². The standard InChI is InChI=1S/C16H15N3O/c1-20-13-8-6-12(7-9-13)10-18-16-11-17-14-4-2-3-5-15(14)19-16/h2-9,11H,10H2,1H3,(H,18,19). The summed E-state index contributed by atoms with van der Waals surface area (Å²) < 4.78 is 5.14. The molecule has 0 bridgehead atoms. The molecule has 0 radical (unpaired) electrons. The van der Waals surface area contributed by atoms with Gasteiger partial charge in [-0.3, -0.25) is 4.98 Å². The Bertz CT molecular complexity index is 710. The van der Waals surface area contributed by atoms with Gasteiger partial charge in [-0.25, -0.2) is 4.98 Å². The molecule has 0 spiro atoms. The molecule has 1 N–H and O–H groups in total. The lowest BCUT2D eigenvalue weighted by molar-refractivity contribution is 0.414. The molecule has 0 saturated heterocycles. The lowest BCUT2D eigenvalue weighted by Gasteiger charge is -2.07. The Morgan fingerprint density at radius 2 is 1.75 bits per heavy atom. The molecule has 0 aliphatic rings. The Balaban J connectivity index is 1.72. The first-order valence-electron chi connectivity index (χ1n) is 6.44. The van der Waals surface area contributed by atoms with Crippen LogP contribution in [0.4, 0.5) is 5.82 Å². The smallest absolute Gasteiger partial charge is 0.145 e. The van der Waals surface area contributed by atoms with Crippen molar-refractivity contribution in [2.45, 2.75) is 6.54 Å². The number of anilines is 1. The molecule has 0 amide bonds. The topological polar surface area (TPSA) is 47.0 Å². The lowest BCUT2D eigenvalue weighted by atomic mass is 10.2. The number of para-hydroxylation sites is 2. The average molecular weight is 265 g/mol. The summed E-state index contributed by atoms with van der Waals surface area (Å²) in [6.07, 6.45) is 1.76. The molecule has 3 aromatic rings. The minimum Gasteiger partial charge on any atom is -0.497 e. The Morgan fingerprint density at radius 1 is 1.00 bits per heavy atom. The molecule has 4 heteroatoms. The SMILES string of the molecule is COc1ccc(CNc2cnc3ccccc3n2)cc1. The summed E-state index contributed by atoms with van der Waals surface area (Å²) in [5.74, 6) is 1.64. The highest BCUT2D eigenvalue weighted by molar-refractivity contribution is 5.75. The Kier molecular flexibility index (Phi) is 3.46. The minimum absolute atomic E-state index is 0.705. The predicted octanol–water partition coefficient (Wildman–Crippen LogP) is 3.25. The summed E-state index contributed by atoms with van der Waals surface area (Å²) in [5.41, 5.74) is 2.97. The summed E-state index contributed by atoms with van der Waals surface area (Å²) in [6.45, 7) is 0.705. The third-order valence-corrected chi connectivity index (χ3v) is 3.08. The van der Waals surface area contributed by atoms with Crippen LogP contribution < -0.4 is 10.1 Å². The van der Waals surface area contributed by atoms with Gasteiger partial charge in [0.2, 0.25) is 0 Å². The van der Waals surface area contributed by atoms with Gasteiger partial charge in [0.15, 0.2) is 0 Å². The molecule has 1 aromatic heterocycles. The molecule has 0 aliphatic heterocycles. The van der Waals surface area contributed by atoms with Crippen molar-refractivity contribution in [3.8, 4) is 5.75 Å². The Morgan fingerprint density at radius 3 is 2.50 bits per heavy atom. The summed E-state index contributed by atoms with van der Waals surface area (Å²) in [4.78, 5) is 8.90. The number of ether oxygens (including phenoxy) is 1. The van der Waals surface area contributed by atoms with Crippen molar-refractivity contribution in [3.63, 3.8) is 0 Å². The van der Waals surface area contributed by atoms with Crippen molar-refractivity contribution in [2.24, 2.45) is 0 Å². The lowest BCUT2D eigenvalue weighted by Crippen LogP contribution is -2.02. The average Bonchev–Trinajstić information content (AvgIpc) is 2.53. The van der Waals surface area contributed by atoms with Gasteiger partial charge in [-0.2, -0.15) is 0 Å². The summed E-state index contributed by atoms with van der Waals surface area (Å²) in [7, 11) is 1.66. The van der Waals surface area contributed by atoms with E-state index in [2.05, 4.69) is 15.3 Å². The number of nitrogens with zero attached hydrogens (tertiary/aromatic N) is 2. The molecular formula is C16H15N3O. The third-order valence-electron chi connectivity index (χ3n) is 3.08. The second-order valence-corrected chi connectivity index (χ2v) is 4.45. The van der Waals surface area contributed by atoms with Crippen molar-refractivity contribution in [1.29, 1.82) is 0 Å². The van der Waals surface area contributed by atoms with Gasteiger partial charge in [0.05, 0.1) is 24.3 Å². The highest BCUT2D eigenvalue weighted by Crippen LogP contribution is 2.14. The maximum absolute atomic E-state index is 5.14. The van der Waals surface area contributed by atoms with Crippen LogP contribution in [0.1, 0.15) is 5.56 Å². The number of fused-ring (bicyclic) bond motifs is 1. The van der Waals surface area contributed by atoms with E-state index in [9.17, 15) is 0 Å². The molecule has 1 heterocycles. The summed E-state index contributed by atoms with van der Waals surface area (Å²) in [6, 6.07) is 15.8. The van der Waals surface area contributed by atoms with Gasteiger partial charge in [-0.15, -0.1) is 0 Å². The maximum atomic E-state index is 5.14. The number of hydrogen-bond donors (Lipinski definition) is 1. The second kappa shape index (κ2) is 5.57. The molecule has 2 aromatic carbocycles. The van der Waals surface area contributed by atoms with Crippen LogP contribution in [0, 0.1) is 0 Å². The highest BCUT2D eigenvalue weighted by atomic mass is 16.5. The number of aromatic nitrogens is 2. The van der Waals surface area contributed by atoms with Crippen molar-refractivity contribution in [1.82, 2.24) is 9.97 Å². The molecule has 0 unspecified atom stereocenters. The molecule has 4 nitrogen and oxygen atoms in total. The second-order valence-electron chi connectivity index (χ2n) is 4.45. The zero-order valence-electron chi connectivity index (χ0n) is 11.2. The normalized spacial score (nSPS) is 10.4. The van der Waals surface area contributed by atoms with Gasteiger partial charge >= 0.3 is 0 Å². The van der Waals surface area contributed by atoms with E-state index >= 15 is 0 Å². The van der Waals surface area contributed by atoms with E-state index in [1.165, 1.54) is 5.56 Å². The molecule has 0 fully saturated rings. The minimum atomic E-state index is 0.705. The number of nitrogens with one attached hydrogen (secondary N) is 1. The van der Waals surface area contributed by atoms with Crippen LogP contribution in [-0.2, 0) is 6.54 Å². The highest BCUT2D eigenvalue weighted by Gasteiger charge is 1.99. The largest absolute Gasteiger partial charge is 0.497 e. The summed E-state index contributed by atoms with van der Waals surface area (Å²) >= 11 is 0. The Labute approximate surface area is 117 Å². The van der Waals surface area contributed by atoms with Gasteiger partial charge in [0, 0.05) is 6.54 Å². The molecule has 100 valence electrons. The van der Waals surface area contributed by atoms with Crippen molar-refractivity contribution in [3.05, 3.63) is 60.3 Å². The van der Waals surface area contributed by atoms with E-state index in [1.54, 1.807) is 13.3 Å². The monoisotopic (exact) mass is 265 g/mol. The van der Waals surface area contributed by atoms with Crippen molar-refractivity contribution >= 4 is 16.9 Å². The maximum Gasteiger partial charge on any atom is 0.145 e. The van der Waals surface area contributed by atoms with Gasteiger partial charge in [-0.1, -0.05) is 24.3 Å². The third kappa shape index (κ3) is 2.69. The summed E-state index contributed by atoms with van der Waals surface area (Å²) in [5, 5.41) is 3.28. The number of benzene rings is 2. The van der Waals surface area contributed by atoms with Crippen LogP contribution >= 0.6 is 0 Å². The first-order chi connectivity index (χ1) is 9.85. The molecular weight excluding hydrogens is 250 g/mol. The fourth-order valence-electron chi connectivity index (χ4n) is 1.98. The number of rotatable bonds is 4. The molecule has 20 heavy (non-hydrogen) atoms. The number of hydrogen-bond acceptors (Lipinski definition) is 4. The zero-order valence-corrected chi connectivity index (χ0v) is 11.2. The Hall–Kier alpha value is -2.62. The van der Waals surface area contributed by atoms with E-state index in [1.807, 2.05) is 48.5 Å². The van der Waals surface area contributed by atoms with E-state index in [-0.39, 0.29) is 0 Å². The van der Waals surface area contributed by atoms with Crippen LogP contribution in [0.15, 0.2) is 54.7 Å². The van der Waals surface area contributed by atoms with E-state index in [0.29, 0.717) is 6.54 Å². The zero-order chi connectivity index (χ0) is 13.8. The fourth-order valence-corrected chi connectivity index (χ4v) is 1.98. The molecule has 0 atom stereocenters.